The van der Waals surface area contributed by atoms with E-state index in [4.69, 9.17) is 13.9 Å². The predicted octanol–water partition coefficient (Wildman–Crippen LogP) is 3.33. The highest BCUT2D eigenvalue weighted by atomic mass is 79.9. The zero-order valence-electron chi connectivity index (χ0n) is 13.9. The number of carbonyl (C=O) groups excluding carboxylic acids is 2. The normalized spacial score (nSPS) is 15.5. The van der Waals surface area contributed by atoms with Crippen LogP contribution in [0.2, 0.25) is 0 Å². The van der Waals surface area contributed by atoms with Crippen LogP contribution in [0.15, 0.2) is 31.9 Å². The van der Waals surface area contributed by atoms with Gasteiger partial charge in [0, 0.05) is 15.4 Å². The minimum atomic E-state index is -1.04. The minimum absolute atomic E-state index is 0.111. The van der Waals surface area contributed by atoms with Crippen molar-refractivity contribution in [3.8, 4) is 0 Å². The molecule has 1 aromatic carbocycles. The highest BCUT2D eigenvalue weighted by Gasteiger charge is 2.51. The zero-order valence-corrected chi connectivity index (χ0v) is 15.5. The first-order valence-corrected chi connectivity index (χ1v) is 8.76. The molecule has 0 atom stereocenters. The fourth-order valence-corrected chi connectivity index (χ4v) is 3.70. The van der Waals surface area contributed by atoms with Gasteiger partial charge in [0.2, 0.25) is 0 Å². The Hall–Kier alpha value is -2.15. The van der Waals surface area contributed by atoms with Crippen LogP contribution in [-0.2, 0) is 19.7 Å². The predicted molar refractivity (Wildman–Crippen MR) is 93.7 cm³/mol. The Morgan fingerprint density at radius 3 is 2.60 bits per heavy atom. The maximum absolute atomic E-state index is 12.6. The van der Waals surface area contributed by atoms with E-state index in [-0.39, 0.29) is 12.2 Å². The van der Waals surface area contributed by atoms with E-state index in [2.05, 4.69) is 15.9 Å². The average molecular weight is 409 g/mol. The summed E-state index contributed by atoms with van der Waals surface area (Å²) in [5.74, 6) is -1.25. The van der Waals surface area contributed by atoms with Gasteiger partial charge in [-0.2, -0.15) is 0 Å². The van der Waals surface area contributed by atoms with Gasteiger partial charge in [-0.3, -0.25) is 4.79 Å². The molecule has 0 aliphatic heterocycles. The van der Waals surface area contributed by atoms with E-state index in [1.165, 1.54) is 7.11 Å². The molecule has 2 aromatic rings. The van der Waals surface area contributed by atoms with Crippen LogP contribution in [0.25, 0.3) is 11.0 Å². The Morgan fingerprint density at radius 2 is 2.04 bits per heavy atom. The van der Waals surface area contributed by atoms with Crippen molar-refractivity contribution >= 4 is 38.8 Å². The molecule has 6 nitrogen and oxygen atoms in total. The maximum atomic E-state index is 12.6. The van der Waals surface area contributed by atoms with Gasteiger partial charge in [0.25, 0.3) is 0 Å². The number of hydrogen-bond donors (Lipinski definition) is 0. The summed E-state index contributed by atoms with van der Waals surface area (Å²) < 4.78 is 16.1. The molecule has 0 bridgehead atoms. The highest BCUT2D eigenvalue weighted by Crippen LogP contribution is 2.48. The maximum Gasteiger partial charge on any atom is 0.351 e. The molecule has 1 aliphatic carbocycles. The van der Waals surface area contributed by atoms with Crippen molar-refractivity contribution in [2.75, 3.05) is 13.7 Å². The van der Waals surface area contributed by atoms with Crippen LogP contribution in [0.3, 0.4) is 0 Å². The molecule has 1 heterocycles. The molecule has 1 aromatic heterocycles. The van der Waals surface area contributed by atoms with Crippen LogP contribution in [-0.4, -0.2) is 25.7 Å². The number of hydrogen-bond acceptors (Lipinski definition) is 6. The fourth-order valence-electron chi connectivity index (χ4n) is 3.34. The SMILES string of the molecule is CCOC(=O)c1c(C2(C(=O)OC)CCC2)c2cc(Br)ccc2oc1=O. The van der Waals surface area contributed by atoms with Gasteiger partial charge in [0.05, 0.1) is 19.1 Å². The summed E-state index contributed by atoms with van der Waals surface area (Å²) in [4.78, 5) is 37.6. The third-order valence-electron chi connectivity index (χ3n) is 4.61. The largest absolute Gasteiger partial charge is 0.468 e. The second-order valence-corrected chi connectivity index (χ2v) is 6.84. The fraction of sp³-hybridized carbons (Fsp3) is 0.389. The van der Waals surface area contributed by atoms with Crippen LogP contribution in [0.1, 0.15) is 42.1 Å². The Kier molecular flexibility index (Phi) is 4.69. The highest BCUT2D eigenvalue weighted by molar-refractivity contribution is 9.10. The molecule has 25 heavy (non-hydrogen) atoms. The number of benzene rings is 1. The number of esters is 2. The summed E-state index contributed by atoms with van der Waals surface area (Å²) in [6.07, 6.45) is 1.79. The van der Waals surface area contributed by atoms with E-state index in [1.54, 1.807) is 25.1 Å². The number of carbonyl (C=O) groups is 2. The first kappa shape index (κ1) is 17.7. The van der Waals surface area contributed by atoms with E-state index in [0.717, 1.165) is 10.9 Å². The van der Waals surface area contributed by atoms with Crippen LogP contribution < -0.4 is 5.63 Å². The Bertz CT molecular complexity index is 910. The second kappa shape index (κ2) is 6.63. The van der Waals surface area contributed by atoms with Gasteiger partial charge >= 0.3 is 17.6 Å². The molecular weight excluding hydrogens is 392 g/mol. The molecule has 0 spiro atoms. The lowest BCUT2D eigenvalue weighted by Gasteiger charge is -2.40. The number of fused-ring (bicyclic) bond motifs is 1. The monoisotopic (exact) mass is 408 g/mol. The molecule has 3 rings (SSSR count). The molecular formula is C18H17BrO6. The van der Waals surface area contributed by atoms with Crippen LogP contribution in [0, 0.1) is 0 Å². The van der Waals surface area contributed by atoms with Crippen LogP contribution >= 0.6 is 15.9 Å². The third kappa shape index (κ3) is 2.76. The van der Waals surface area contributed by atoms with Gasteiger partial charge in [-0.25, -0.2) is 9.59 Å². The van der Waals surface area contributed by atoms with E-state index in [0.29, 0.717) is 29.4 Å². The van der Waals surface area contributed by atoms with Crippen molar-refractivity contribution in [1.82, 2.24) is 0 Å². The molecule has 1 saturated carbocycles. The lowest BCUT2D eigenvalue weighted by atomic mass is 9.62. The summed E-state index contributed by atoms with van der Waals surface area (Å²) in [6.45, 7) is 1.76. The molecule has 0 unspecified atom stereocenters. The Morgan fingerprint density at radius 1 is 1.32 bits per heavy atom. The lowest BCUT2D eigenvalue weighted by Crippen LogP contribution is -2.45. The third-order valence-corrected chi connectivity index (χ3v) is 5.10. The molecule has 0 saturated heterocycles. The summed E-state index contributed by atoms with van der Waals surface area (Å²) in [5, 5.41) is 0.530. The quantitative estimate of drug-likeness (QED) is 0.569. The topological polar surface area (TPSA) is 82.8 Å². The van der Waals surface area contributed by atoms with Gasteiger partial charge in [0.15, 0.2) is 0 Å². The minimum Gasteiger partial charge on any atom is -0.468 e. The van der Waals surface area contributed by atoms with Crippen molar-refractivity contribution < 1.29 is 23.5 Å². The van der Waals surface area contributed by atoms with Crippen LogP contribution in [0.5, 0.6) is 0 Å². The summed E-state index contributed by atoms with van der Waals surface area (Å²) in [5.41, 5.74) is -1.41. The van der Waals surface area contributed by atoms with Gasteiger partial charge in [0.1, 0.15) is 11.1 Å². The average Bonchev–Trinajstić information content (AvgIpc) is 2.54. The molecule has 7 heteroatoms. The van der Waals surface area contributed by atoms with Crippen molar-refractivity contribution in [2.24, 2.45) is 0 Å². The molecule has 0 N–H and O–H groups in total. The molecule has 0 amide bonds. The van der Waals surface area contributed by atoms with Gasteiger partial charge < -0.3 is 13.9 Å². The first-order chi connectivity index (χ1) is 11.9. The van der Waals surface area contributed by atoms with E-state index >= 15 is 0 Å². The number of ether oxygens (including phenoxy) is 2. The van der Waals surface area contributed by atoms with Gasteiger partial charge in [-0.15, -0.1) is 0 Å². The number of methoxy groups -OCH3 is 1. The smallest absolute Gasteiger partial charge is 0.351 e. The van der Waals surface area contributed by atoms with E-state index in [1.807, 2.05) is 0 Å². The number of rotatable bonds is 4. The standard InChI is InChI=1S/C18H17BrO6/c1-3-24-15(20)13-14(18(7-4-8-18)17(22)23-2)11-9-10(19)5-6-12(11)25-16(13)21/h5-6,9H,3-4,7-8H2,1-2H3. The summed E-state index contributed by atoms with van der Waals surface area (Å²) >= 11 is 3.39. The van der Waals surface area contributed by atoms with Crippen molar-refractivity contribution in [2.45, 2.75) is 31.6 Å². The Balaban J connectivity index is 2.42. The molecule has 1 fully saturated rings. The summed E-state index contributed by atoms with van der Waals surface area (Å²) in [7, 11) is 1.30. The first-order valence-electron chi connectivity index (χ1n) is 7.97. The van der Waals surface area contributed by atoms with Crippen LogP contribution in [0.4, 0.5) is 0 Å². The summed E-state index contributed by atoms with van der Waals surface area (Å²) in [6, 6.07) is 5.09. The van der Waals surface area contributed by atoms with E-state index in [9.17, 15) is 14.4 Å². The molecule has 0 radical (unpaired) electrons. The van der Waals surface area contributed by atoms with Crippen molar-refractivity contribution in [3.05, 3.63) is 44.2 Å². The molecule has 132 valence electrons. The lowest BCUT2D eigenvalue weighted by molar-refractivity contribution is -0.151. The van der Waals surface area contributed by atoms with E-state index < -0.39 is 23.0 Å². The number of halogens is 1. The van der Waals surface area contributed by atoms with Gasteiger partial charge in [-0.05, 0) is 38.0 Å². The Labute approximate surface area is 152 Å². The van der Waals surface area contributed by atoms with Gasteiger partial charge in [-0.1, -0.05) is 22.4 Å². The van der Waals surface area contributed by atoms with Crippen molar-refractivity contribution in [3.63, 3.8) is 0 Å². The second-order valence-electron chi connectivity index (χ2n) is 5.93. The van der Waals surface area contributed by atoms with Crippen molar-refractivity contribution in [1.29, 1.82) is 0 Å². The zero-order chi connectivity index (χ0) is 18.2. The molecule has 1 aliphatic rings.